The quantitative estimate of drug-likeness (QED) is 0.635. The maximum absolute atomic E-state index is 11.2. The van der Waals surface area contributed by atoms with Crippen molar-refractivity contribution >= 4 is 28.6 Å². The number of ether oxygens (including phenoxy) is 2. The zero-order chi connectivity index (χ0) is 10.8. The fraction of sp³-hybridized carbons (Fsp3) is 0.364. The minimum atomic E-state index is -0.314. The Hall–Kier alpha value is -0.780. The van der Waals surface area contributed by atoms with Crippen molar-refractivity contribution in [2.75, 3.05) is 7.11 Å². The molecule has 0 saturated heterocycles. The van der Waals surface area contributed by atoms with E-state index in [0.29, 0.717) is 11.7 Å². The van der Waals surface area contributed by atoms with Crippen LogP contribution >= 0.6 is 22.6 Å². The summed E-state index contributed by atoms with van der Waals surface area (Å²) in [6.07, 6.45) is 2.64. The number of carbonyl (C=O) groups is 1. The topological polar surface area (TPSA) is 35.5 Å². The van der Waals surface area contributed by atoms with Crippen LogP contribution in [0, 0.1) is 3.57 Å². The van der Waals surface area contributed by atoms with E-state index in [1.54, 1.807) is 12.1 Å². The maximum atomic E-state index is 11.2. The molecule has 1 aromatic carbocycles. The Bertz CT molecular complexity index is 385. The molecular formula is C11H11IO3. The molecule has 0 heterocycles. The summed E-state index contributed by atoms with van der Waals surface area (Å²) >= 11 is 2.16. The summed E-state index contributed by atoms with van der Waals surface area (Å²) in [4.78, 5) is 11.2. The van der Waals surface area contributed by atoms with Gasteiger partial charge >= 0.3 is 5.97 Å². The van der Waals surface area contributed by atoms with Crippen LogP contribution in [0.4, 0.5) is 0 Å². The normalized spacial score (nSPS) is 14.8. The summed E-state index contributed by atoms with van der Waals surface area (Å²) in [5.41, 5.74) is 0.560. The van der Waals surface area contributed by atoms with Gasteiger partial charge in [-0.1, -0.05) is 0 Å². The van der Waals surface area contributed by atoms with E-state index in [0.717, 1.165) is 22.2 Å². The van der Waals surface area contributed by atoms with Gasteiger partial charge in [0.2, 0.25) is 0 Å². The molecule has 0 aromatic heterocycles. The molecule has 0 spiro atoms. The van der Waals surface area contributed by atoms with Gasteiger partial charge in [0.1, 0.15) is 5.75 Å². The van der Waals surface area contributed by atoms with E-state index in [-0.39, 0.29) is 5.97 Å². The minimum absolute atomic E-state index is 0.314. The van der Waals surface area contributed by atoms with Gasteiger partial charge in [0, 0.05) is 0 Å². The zero-order valence-electron chi connectivity index (χ0n) is 8.33. The third kappa shape index (κ3) is 2.62. The Morgan fingerprint density at radius 1 is 1.47 bits per heavy atom. The highest BCUT2D eigenvalue weighted by atomic mass is 127. The molecule has 0 amide bonds. The van der Waals surface area contributed by atoms with Gasteiger partial charge in [-0.3, -0.25) is 0 Å². The lowest BCUT2D eigenvalue weighted by Crippen LogP contribution is -2.03. The molecule has 0 bridgehead atoms. The highest BCUT2D eigenvalue weighted by molar-refractivity contribution is 14.1. The smallest absolute Gasteiger partial charge is 0.337 e. The van der Waals surface area contributed by atoms with Crippen molar-refractivity contribution in [3.05, 3.63) is 27.3 Å². The van der Waals surface area contributed by atoms with E-state index < -0.39 is 0 Å². The van der Waals surface area contributed by atoms with Gasteiger partial charge < -0.3 is 9.47 Å². The molecule has 0 unspecified atom stereocenters. The van der Waals surface area contributed by atoms with Gasteiger partial charge in [-0.2, -0.15) is 0 Å². The lowest BCUT2D eigenvalue weighted by molar-refractivity contribution is 0.0600. The van der Waals surface area contributed by atoms with Crippen LogP contribution in [0.25, 0.3) is 0 Å². The summed E-state index contributed by atoms with van der Waals surface area (Å²) in [5, 5.41) is 0. The second-order valence-corrected chi connectivity index (χ2v) is 4.62. The molecule has 1 saturated carbocycles. The molecule has 0 radical (unpaired) electrons. The van der Waals surface area contributed by atoms with Crippen LogP contribution in [0.3, 0.4) is 0 Å². The van der Waals surface area contributed by atoms with Crippen molar-refractivity contribution in [3.8, 4) is 5.75 Å². The minimum Gasteiger partial charge on any atom is -0.489 e. The van der Waals surface area contributed by atoms with Gasteiger partial charge in [-0.25, -0.2) is 4.79 Å². The molecule has 4 heteroatoms. The second kappa shape index (κ2) is 4.38. The maximum Gasteiger partial charge on any atom is 0.337 e. The van der Waals surface area contributed by atoms with Gasteiger partial charge in [0.25, 0.3) is 0 Å². The monoisotopic (exact) mass is 318 g/mol. The predicted molar refractivity (Wildman–Crippen MR) is 64.1 cm³/mol. The number of hydrogen-bond donors (Lipinski definition) is 0. The van der Waals surface area contributed by atoms with Crippen molar-refractivity contribution in [1.29, 1.82) is 0 Å². The average Bonchev–Trinajstić information content (AvgIpc) is 3.04. The Kier molecular flexibility index (Phi) is 3.14. The van der Waals surface area contributed by atoms with Crippen molar-refractivity contribution < 1.29 is 14.3 Å². The van der Waals surface area contributed by atoms with E-state index in [4.69, 9.17) is 4.74 Å². The van der Waals surface area contributed by atoms with Crippen molar-refractivity contribution in [3.63, 3.8) is 0 Å². The number of hydrogen-bond acceptors (Lipinski definition) is 3. The van der Waals surface area contributed by atoms with E-state index >= 15 is 0 Å². The Morgan fingerprint density at radius 2 is 2.20 bits per heavy atom. The molecule has 1 fully saturated rings. The Labute approximate surface area is 102 Å². The number of benzene rings is 1. The van der Waals surface area contributed by atoms with Crippen molar-refractivity contribution in [1.82, 2.24) is 0 Å². The van der Waals surface area contributed by atoms with Gasteiger partial charge in [-0.05, 0) is 53.6 Å². The van der Waals surface area contributed by atoms with Crippen LogP contribution in [0.15, 0.2) is 18.2 Å². The molecule has 80 valence electrons. The average molecular weight is 318 g/mol. The number of carbonyl (C=O) groups excluding carboxylic acids is 1. The molecule has 3 nitrogen and oxygen atoms in total. The summed E-state index contributed by atoms with van der Waals surface area (Å²) in [7, 11) is 1.38. The first-order chi connectivity index (χ1) is 7.20. The molecular weight excluding hydrogens is 307 g/mol. The first-order valence-electron chi connectivity index (χ1n) is 4.75. The lowest BCUT2D eigenvalue weighted by Gasteiger charge is -2.07. The van der Waals surface area contributed by atoms with Gasteiger partial charge in [0.15, 0.2) is 0 Å². The summed E-state index contributed by atoms with van der Waals surface area (Å²) in [6.45, 7) is 0. The van der Waals surface area contributed by atoms with E-state index in [1.807, 2.05) is 6.07 Å². The molecule has 1 aromatic rings. The molecule has 1 aliphatic rings. The Balaban J connectivity index is 2.17. The Morgan fingerprint density at radius 3 is 2.73 bits per heavy atom. The molecule has 2 rings (SSSR count). The first-order valence-corrected chi connectivity index (χ1v) is 5.83. The third-order valence-corrected chi connectivity index (χ3v) is 3.01. The number of halogens is 1. The zero-order valence-corrected chi connectivity index (χ0v) is 10.5. The SMILES string of the molecule is COC(=O)c1ccc(OC2CC2)c(I)c1. The summed E-state index contributed by atoms with van der Waals surface area (Å²) in [6, 6.07) is 5.34. The van der Waals surface area contributed by atoms with Crippen molar-refractivity contribution in [2.45, 2.75) is 18.9 Å². The number of rotatable bonds is 3. The largest absolute Gasteiger partial charge is 0.489 e. The van der Waals surface area contributed by atoms with Crippen LogP contribution in [0.2, 0.25) is 0 Å². The molecule has 0 atom stereocenters. The molecule has 0 aliphatic heterocycles. The number of methoxy groups -OCH3 is 1. The molecule has 15 heavy (non-hydrogen) atoms. The molecule has 1 aliphatic carbocycles. The predicted octanol–water partition coefficient (Wildman–Crippen LogP) is 2.62. The third-order valence-electron chi connectivity index (χ3n) is 2.17. The fourth-order valence-corrected chi connectivity index (χ4v) is 1.85. The highest BCUT2D eigenvalue weighted by Gasteiger charge is 2.24. The van der Waals surface area contributed by atoms with Crippen molar-refractivity contribution in [2.24, 2.45) is 0 Å². The van der Waals surface area contributed by atoms with E-state index in [2.05, 4.69) is 27.3 Å². The van der Waals surface area contributed by atoms with Gasteiger partial charge in [0.05, 0.1) is 22.3 Å². The van der Waals surface area contributed by atoms with Crippen LogP contribution in [0.1, 0.15) is 23.2 Å². The van der Waals surface area contributed by atoms with E-state index in [1.165, 1.54) is 7.11 Å². The summed E-state index contributed by atoms with van der Waals surface area (Å²) < 4.78 is 11.3. The standard InChI is InChI=1S/C11H11IO3/c1-14-11(13)7-2-5-10(9(12)6-7)15-8-3-4-8/h2,5-6,8H,3-4H2,1H3. The first kappa shape index (κ1) is 10.7. The van der Waals surface area contributed by atoms with Crippen LogP contribution in [-0.2, 0) is 4.74 Å². The lowest BCUT2D eigenvalue weighted by atomic mass is 10.2. The van der Waals surface area contributed by atoms with E-state index in [9.17, 15) is 4.79 Å². The molecule has 0 N–H and O–H groups in total. The fourth-order valence-electron chi connectivity index (χ4n) is 1.21. The number of esters is 1. The van der Waals surface area contributed by atoms with Crippen LogP contribution in [-0.4, -0.2) is 19.2 Å². The van der Waals surface area contributed by atoms with Crippen LogP contribution < -0.4 is 4.74 Å². The summed E-state index contributed by atoms with van der Waals surface area (Å²) in [5.74, 6) is 0.539. The second-order valence-electron chi connectivity index (χ2n) is 3.45. The van der Waals surface area contributed by atoms with Gasteiger partial charge in [-0.15, -0.1) is 0 Å². The highest BCUT2D eigenvalue weighted by Crippen LogP contribution is 2.30. The van der Waals surface area contributed by atoms with Crippen LogP contribution in [0.5, 0.6) is 5.75 Å².